The van der Waals surface area contributed by atoms with Crippen LogP contribution in [0.25, 0.3) is 11.3 Å². The second kappa shape index (κ2) is 9.33. The fourth-order valence-electron chi connectivity index (χ4n) is 3.73. The minimum atomic E-state index is -0.989. The van der Waals surface area contributed by atoms with Crippen LogP contribution in [0.1, 0.15) is 32.0 Å². The van der Waals surface area contributed by atoms with Crippen LogP contribution in [0.2, 0.25) is 0 Å². The van der Waals surface area contributed by atoms with Gasteiger partial charge in [0, 0.05) is 30.8 Å². The summed E-state index contributed by atoms with van der Waals surface area (Å²) in [5, 5.41) is 18.8. The molecule has 174 valence electrons. The van der Waals surface area contributed by atoms with Crippen LogP contribution in [0.3, 0.4) is 0 Å². The summed E-state index contributed by atoms with van der Waals surface area (Å²) >= 11 is 0. The van der Waals surface area contributed by atoms with Crippen molar-refractivity contribution in [3.63, 3.8) is 0 Å². The molecule has 0 saturated heterocycles. The second-order valence-corrected chi connectivity index (χ2v) is 9.07. The van der Waals surface area contributed by atoms with E-state index >= 15 is 0 Å². The zero-order valence-corrected chi connectivity index (χ0v) is 18.7. The van der Waals surface area contributed by atoms with Crippen LogP contribution in [0.5, 0.6) is 0 Å². The maximum absolute atomic E-state index is 13.9. The van der Waals surface area contributed by atoms with E-state index in [-0.39, 0.29) is 13.2 Å². The van der Waals surface area contributed by atoms with Gasteiger partial charge in [0.25, 0.3) is 0 Å². The quantitative estimate of drug-likeness (QED) is 0.648. The molecule has 0 aliphatic carbocycles. The molecular formula is C22H29F2N5O3. The molecule has 1 aliphatic rings. The van der Waals surface area contributed by atoms with Gasteiger partial charge in [-0.15, -0.1) is 0 Å². The first-order valence-electron chi connectivity index (χ1n) is 10.5. The Morgan fingerprint density at radius 1 is 1.25 bits per heavy atom. The zero-order chi connectivity index (χ0) is 23.6. The number of carbonyl (C=O) groups is 2. The van der Waals surface area contributed by atoms with Gasteiger partial charge in [-0.05, 0) is 37.1 Å². The number of nitrogens with zero attached hydrogens (tertiary/aromatic N) is 3. The first-order chi connectivity index (χ1) is 15.0. The van der Waals surface area contributed by atoms with Crippen LogP contribution in [0, 0.1) is 17.0 Å². The predicted octanol–water partition coefficient (Wildman–Crippen LogP) is 1.90. The third kappa shape index (κ3) is 4.97. The lowest BCUT2D eigenvalue weighted by molar-refractivity contribution is -0.125. The lowest BCUT2D eigenvalue weighted by atomic mass is 9.86. The average Bonchev–Trinajstić information content (AvgIpc) is 3.10. The number of nitrogens with one attached hydrogen (secondary N) is 2. The molecule has 0 radical (unpaired) electrons. The molecule has 0 bridgehead atoms. The molecule has 1 aromatic carbocycles. The highest BCUT2D eigenvalue weighted by Gasteiger charge is 2.35. The molecule has 0 saturated carbocycles. The van der Waals surface area contributed by atoms with E-state index in [9.17, 15) is 18.4 Å². The van der Waals surface area contributed by atoms with Crippen molar-refractivity contribution in [1.82, 2.24) is 25.3 Å². The SMILES string of the molecule is CN1CCc2c(-c3ccc(F)c(F)c3)nn(C(=O)N[C@H](C(=O)NCCO)C(C)(C)C)c2C1. The van der Waals surface area contributed by atoms with E-state index in [1.807, 2.05) is 32.7 Å². The van der Waals surface area contributed by atoms with Gasteiger partial charge >= 0.3 is 6.03 Å². The Morgan fingerprint density at radius 2 is 1.97 bits per heavy atom. The van der Waals surface area contributed by atoms with E-state index in [1.165, 1.54) is 10.7 Å². The number of aliphatic hydroxyl groups is 1. The van der Waals surface area contributed by atoms with E-state index in [4.69, 9.17) is 5.11 Å². The van der Waals surface area contributed by atoms with Crippen molar-refractivity contribution in [2.75, 3.05) is 26.7 Å². The van der Waals surface area contributed by atoms with Crippen molar-refractivity contribution < 1.29 is 23.5 Å². The van der Waals surface area contributed by atoms with Gasteiger partial charge in [0.2, 0.25) is 5.91 Å². The smallest absolute Gasteiger partial charge is 0.343 e. The largest absolute Gasteiger partial charge is 0.395 e. The van der Waals surface area contributed by atoms with Gasteiger partial charge in [0.05, 0.1) is 18.0 Å². The van der Waals surface area contributed by atoms with Crippen molar-refractivity contribution in [2.24, 2.45) is 5.41 Å². The highest BCUT2D eigenvalue weighted by molar-refractivity contribution is 5.89. The molecule has 2 heterocycles. The van der Waals surface area contributed by atoms with E-state index in [2.05, 4.69) is 15.7 Å². The first-order valence-corrected chi connectivity index (χ1v) is 10.5. The number of amides is 2. The van der Waals surface area contributed by atoms with Crippen molar-refractivity contribution >= 4 is 11.9 Å². The number of likely N-dealkylation sites (N-methyl/N-ethyl adjacent to an activating group) is 1. The molecule has 3 rings (SSSR count). The lowest BCUT2D eigenvalue weighted by Gasteiger charge is -2.30. The predicted molar refractivity (Wildman–Crippen MR) is 115 cm³/mol. The average molecular weight is 450 g/mol. The van der Waals surface area contributed by atoms with Crippen molar-refractivity contribution in [3.8, 4) is 11.3 Å². The number of fused-ring (bicyclic) bond motifs is 1. The summed E-state index contributed by atoms with van der Waals surface area (Å²) in [7, 11) is 1.91. The van der Waals surface area contributed by atoms with E-state index in [1.54, 1.807) is 0 Å². The van der Waals surface area contributed by atoms with Crippen LogP contribution < -0.4 is 10.6 Å². The van der Waals surface area contributed by atoms with Gasteiger partial charge < -0.3 is 20.6 Å². The second-order valence-electron chi connectivity index (χ2n) is 9.07. The Bertz CT molecular complexity index is 1020. The van der Waals surface area contributed by atoms with Gasteiger partial charge in [0.15, 0.2) is 11.6 Å². The topological polar surface area (TPSA) is 99.5 Å². The van der Waals surface area contributed by atoms with Gasteiger partial charge in [-0.1, -0.05) is 20.8 Å². The van der Waals surface area contributed by atoms with Gasteiger partial charge in [-0.25, -0.2) is 13.6 Å². The Kier molecular flexibility index (Phi) is 6.94. The highest BCUT2D eigenvalue weighted by Crippen LogP contribution is 2.30. The number of hydrogen-bond acceptors (Lipinski definition) is 5. The van der Waals surface area contributed by atoms with E-state index in [0.717, 1.165) is 24.2 Å². The lowest BCUT2D eigenvalue weighted by Crippen LogP contribution is -2.55. The van der Waals surface area contributed by atoms with Gasteiger partial charge in [0.1, 0.15) is 6.04 Å². The molecule has 0 spiro atoms. The molecule has 1 aliphatic heterocycles. The fourth-order valence-corrected chi connectivity index (χ4v) is 3.73. The Labute approximate surface area is 185 Å². The van der Waals surface area contributed by atoms with Crippen molar-refractivity contribution in [1.29, 1.82) is 0 Å². The van der Waals surface area contributed by atoms with Crippen LogP contribution >= 0.6 is 0 Å². The minimum absolute atomic E-state index is 0.0729. The molecule has 1 aromatic heterocycles. The summed E-state index contributed by atoms with van der Waals surface area (Å²) in [4.78, 5) is 27.9. The number of hydrogen-bond donors (Lipinski definition) is 3. The number of rotatable bonds is 5. The third-order valence-corrected chi connectivity index (χ3v) is 5.45. The van der Waals surface area contributed by atoms with Gasteiger partial charge in [-0.3, -0.25) is 4.79 Å². The van der Waals surface area contributed by atoms with E-state index < -0.39 is 35.0 Å². The molecular weight excluding hydrogens is 420 g/mol. The number of carbonyl (C=O) groups excluding carboxylic acids is 2. The first kappa shape index (κ1) is 23.8. The maximum Gasteiger partial charge on any atom is 0.343 e. The minimum Gasteiger partial charge on any atom is -0.395 e. The third-order valence-electron chi connectivity index (χ3n) is 5.45. The summed E-state index contributed by atoms with van der Waals surface area (Å²) in [6.45, 7) is 6.47. The molecule has 2 aromatic rings. The monoisotopic (exact) mass is 449 g/mol. The summed E-state index contributed by atoms with van der Waals surface area (Å²) in [5.41, 5.74) is 1.62. The summed E-state index contributed by atoms with van der Waals surface area (Å²) in [6.07, 6.45) is 0.590. The zero-order valence-electron chi connectivity index (χ0n) is 18.7. The molecule has 0 unspecified atom stereocenters. The standard InChI is InChI=1S/C22H29F2N5O3/c1-22(2,3)19(20(31)25-8-10-30)26-21(32)29-17-12-28(4)9-7-14(17)18(27-29)13-5-6-15(23)16(24)11-13/h5-6,11,19,30H,7-10,12H2,1-4H3,(H,25,31)(H,26,32)/t19-/m1/s1. The normalized spacial score (nSPS) is 15.2. The summed E-state index contributed by atoms with van der Waals surface area (Å²) < 4.78 is 28.5. The Morgan fingerprint density at radius 3 is 2.59 bits per heavy atom. The molecule has 0 fully saturated rings. The number of aromatic nitrogens is 2. The molecule has 2 amide bonds. The van der Waals surface area contributed by atoms with Crippen LogP contribution in [-0.2, 0) is 17.8 Å². The van der Waals surface area contributed by atoms with Crippen LogP contribution in [0.4, 0.5) is 13.6 Å². The number of halogens is 2. The Balaban J connectivity index is 1.99. The molecule has 32 heavy (non-hydrogen) atoms. The van der Waals surface area contributed by atoms with E-state index in [0.29, 0.717) is 29.9 Å². The highest BCUT2D eigenvalue weighted by atomic mass is 19.2. The van der Waals surface area contributed by atoms with Gasteiger partial charge in [-0.2, -0.15) is 9.78 Å². The van der Waals surface area contributed by atoms with Crippen molar-refractivity contribution in [3.05, 3.63) is 41.1 Å². The fraction of sp³-hybridized carbons (Fsp3) is 0.500. The molecule has 10 heteroatoms. The Hall–Kier alpha value is -2.85. The summed E-state index contributed by atoms with van der Waals surface area (Å²) in [6, 6.07) is 2.06. The van der Waals surface area contributed by atoms with Crippen LogP contribution in [0.15, 0.2) is 18.2 Å². The molecule has 8 nitrogen and oxygen atoms in total. The number of benzene rings is 1. The molecule has 3 N–H and O–H groups in total. The number of aliphatic hydroxyl groups excluding tert-OH is 1. The van der Waals surface area contributed by atoms with Crippen LogP contribution in [-0.4, -0.2) is 64.5 Å². The summed E-state index contributed by atoms with van der Waals surface area (Å²) in [5.74, 6) is -2.36. The molecule has 1 atom stereocenters. The maximum atomic E-state index is 13.9. The van der Waals surface area contributed by atoms with Crippen molar-refractivity contribution in [2.45, 2.75) is 39.8 Å².